The Labute approximate surface area is 69.0 Å². The van der Waals surface area contributed by atoms with E-state index in [0.29, 0.717) is 0 Å². The Hall–Kier alpha value is -1.25. The molecule has 1 unspecified atom stereocenters. The number of hydrogen-bond donors (Lipinski definition) is 0. The molecule has 0 aliphatic heterocycles. The van der Waals surface area contributed by atoms with E-state index in [0.717, 1.165) is 0 Å². The van der Waals surface area contributed by atoms with Crippen LogP contribution in [0.3, 0.4) is 0 Å². The number of rotatable bonds is 3. The predicted octanol–water partition coefficient (Wildman–Crippen LogP) is 1.91. The van der Waals surface area contributed by atoms with Crippen LogP contribution in [0.1, 0.15) is 5.56 Å². The van der Waals surface area contributed by atoms with Crippen molar-refractivity contribution in [1.29, 1.82) is 0 Å². The summed E-state index contributed by atoms with van der Waals surface area (Å²) >= 11 is 0. The van der Waals surface area contributed by atoms with E-state index < -0.39 is 12.0 Å². The number of carbonyl (C=O) groups excluding carboxylic acids is 1. The molecule has 1 aromatic carbocycles. The predicted molar refractivity (Wildman–Crippen MR) is 41.1 cm³/mol. The van der Waals surface area contributed by atoms with E-state index >= 15 is 0 Å². The van der Waals surface area contributed by atoms with Crippen LogP contribution in [0, 0.1) is 5.82 Å². The molecule has 12 heavy (non-hydrogen) atoms. The molecule has 0 saturated heterocycles. The van der Waals surface area contributed by atoms with Crippen molar-refractivity contribution < 1.29 is 13.6 Å². The van der Waals surface area contributed by atoms with Crippen molar-refractivity contribution in [3.8, 4) is 0 Å². The Balaban J connectivity index is 2.75. The van der Waals surface area contributed by atoms with Crippen LogP contribution < -0.4 is 0 Å². The zero-order chi connectivity index (χ0) is 8.97. The minimum Gasteiger partial charge on any atom is -0.300 e. The second-order valence-electron chi connectivity index (χ2n) is 2.45. The van der Waals surface area contributed by atoms with E-state index in [2.05, 4.69) is 0 Å². The van der Waals surface area contributed by atoms with E-state index in [1.54, 1.807) is 6.07 Å². The Bertz CT molecular complexity index is 273. The van der Waals surface area contributed by atoms with Crippen LogP contribution in [0.4, 0.5) is 8.78 Å². The van der Waals surface area contributed by atoms with Gasteiger partial charge in [-0.15, -0.1) is 0 Å². The molecule has 0 radical (unpaired) electrons. The molecule has 3 heteroatoms. The summed E-state index contributed by atoms with van der Waals surface area (Å²) in [4.78, 5) is 9.92. The molecule has 0 fully saturated rings. The lowest BCUT2D eigenvalue weighted by molar-refractivity contribution is -0.111. The number of hydrogen-bond acceptors (Lipinski definition) is 1. The Morgan fingerprint density at radius 1 is 1.42 bits per heavy atom. The van der Waals surface area contributed by atoms with Crippen LogP contribution in [-0.4, -0.2) is 12.5 Å². The molecule has 0 aliphatic carbocycles. The maximum Gasteiger partial charge on any atom is 0.159 e. The van der Waals surface area contributed by atoms with Crippen molar-refractivity contribution in [2.24, 2.45) is 0 Å². The summed E-state index contributed by atoms with van der Waals surface area (Å²) in [6.45, 7) is 0. The van der Waals surface area contributed by atoms with Gasteiger partial charge in [-0.25, -0.2) is 8.78 Å². The molecule has 0 N–H and O–H groups in total. The smallest absolute Gasteiger partial charge is 0.159 e. The second-order valence-corrected chi connectivity index (χ2v) is 2.45. The molecular weight excluding hydrogens is 162 g/mol. The quantitative estimate of drug-likeness (QED) is 0.633. The molecule has 0 aromatic heterocycles. The summed E-state index contributed by atoms with van der Waals surface area (Å²) in [5.74, 6) is -0.470. The zero-order valence-electron chi connectivity index (χ0n) is 6.34. The van der Waals surface area contributed by atoms with Crippen LogP contribution in [-0.2, 0) is 11.2 Å². The molecule has 1 atom stereocenters. The van der Waals surface area contributed by atoms with Gasteiger partial charge >= 0.3 is 0 Å². The van der Waals surface area contributed by atoms with Gasteiger partial charge in [-0.05, 0) is 11.6 Å². The van der Waals surface area contributed by atoms with E-state index in [4.69, 9.17) is 0 Å². The maximum absolute atomic E-state index is 12.8. The first-order valence-corrected chi connectivity index (χ1v) is 3.57. The molecule has 0 aliphatic rings. The molecule has 0 spiro atoms. The van der Waals surface area contributed by atoms with Gasteiger partial charge in [-0.1, -0.05) is 18.2 Å². The fourth-order valence-corrected chi connectivity index (χ4v) is 0.922. The molecule has 1 aromatic rings. The van der Waals surface area contributed by atoms with Crippen molar-refractivity contribution in [2.45, 2.75) is 12.6 Å². The van der Waals surface area contributed by atoms with Crippen LogP contribution in [0.5, 0.6) is 0 Å². The second kappa shape index (κ2) is 3.95. The third-order valence-corrected chi connectivity index (χ3v) is 1.52. The number of halogens is 2. The molecule has 64 valence electrons. The molecular formula is C9H8F2O. The summed E-state index contributed by atoms with van der Waals surface area (Å²) in [5.41, 5.74) is 0.233. The normalized spacial score (nSPS) is 12.5. The highest BCUT2D eigenvalue weighted by atomic mass is 19.1. The van der Waals surface area contributed by atoms with E-state index in [-0.39, 0.29) is 18.3 Å². The third-order valence-electron chi connectivity index (χ3n) is 1.52. The Morgan fingerprint density at radius 2 is 2.08 bits per heavy atom. The van der Waals surface area contributed by atoms with Gasteiger partial charge in [0.15, 0.2) is 12.5 Å². The van der Waals surface area contributed by atoms with Gasteiger partial charge in [0.25, 0.3) is 0 Å². The largest absolute Gasteiger partial charge is 0.300 e. The van der Waals surface area contributed by atoms with Crippen molar-refractivity contribution in [1.82, 2.24) is 0 Å². The fraction of sp³-hybridized carbons (Fsp3) is 0.222. The summed E-state index contributed by atoms with van der Waals surface area (Å²) in [6.07, 6.45) is -1.62. The first-order valence-electron chi connectivity index (χ1n) is 3.57. The summed E-state index contributed by atoms with van der Waals surface area (Å²) in [5, 5.41) is 0. The highest BCUT2D eigenvalue weighted by Gasteiger charge is 2.08. The number of benzene rings is 1. The highest BCUT2D eigenvalue weighted by molar-refractivity contribution is 5.56. The number of aldehydes is 1. The summed E-state index contributed by atoms with van der Waals surface area (Å²) < 4.78 is 25.3. The molecule has 0 saturated carbocycles. The number of carbonyl (C=O) groups is 1. The minimum absolute atomic E-state index is 0.173. The van der Waals surface area contributed by atoms with E-state index in [1.807, 2.05) is 0 Å². The maximum atomic E-state index is 12.8. The van der Waals surface area contributed by atoms with Crippen LogP contribution >= 0.6 is 0 Å². The summed E-state index contributed by atoms with van der Waals surface area (Å²) in [6, 6.07) is 5.83. The van der Waals surface area contributed by atoms with Gasteiger partial charge in [0, 0.05) is 6.42 Å². The lowest BCUT2D eigenvalue weighted by atomic mass is 10.1. The van der Waals surface area contributed by atoms with E-state index in [9.17, 15) is 13.6 Å². The monoisotopic (exact) mass is 170 g/mol. The average molecular weight is 170 g/mol. The van der Waals surface area contributed by atoms with E-state index in [1.165, 1.54) is 18.2 Å². The van der Waals surface area contributed by atoms with Crippen LogP contribution in [0.2, 0.25) is 0 Å². The average Bonchev–Trinajstić information content (AvgIpc) is 2.09. The van der Waals surface area contributed by atoms with Crippen LogP contribution in [0.25, 0.3) is 0 Å². The van der Waals surface area contributed by atoms with Crippen molar-refractivity contribution in [3.05, 3.63) is 35.6 Å². The van der Waals surface area contributed by atoms with Gasteiger partial charge in [0.05, 0.1) is 0 Å². The van der Waals surface area contributed by atoms with Crippen molar-refractivity contribution >= 4 is 6.29 Å². The van der Waals surface area contributed by atoms with Gasteiger partial charge in [-0.3, -0.25) is 0 Å². The lowest BCUT2D eigenvalue weighted by Crippen LogP contribution is -2.06. The third kappa shape index (κ3) is 2.12. The topological polar surface area (TPSA) is 17.1 Å². The molecule has 0 amide bonds. The molecule has 0 bridgehead atoms. The SMILES string of the molecule is O=CC(F)Cc1ccccc1F. The van der Waals surface area contributed by atoms with Gasteiger partial charge in [-0.2, -0.15) is 0 Å². The first-order chi connectivity index (χ1) is 5.74. The number of alkyl halides is 1. The van der Waals surface area contributed by atoms with Gasteiger partial charge in [0.2, 0.25) is 0 Å². The zero-order valence-corrected chi connectivity index (χ0v) is 6.34. The lowest BCUT2D eigenvalue weighted by Gasteiger charge is -2.01. The minimum atomic E-state index is -1.61. The van der Waals surface area contributed by atoms with Gasteiger partial charge in [0.1, 0.15) is 5.82 Å². The Morgan fingerprint density at radius 3 is 2.67 bits per heavy atom. The molecule has 1 nitrogen and oxygen atoms in total. The standard InChI is InChI=1S/C9H8F2O/c10-8(6-12)5-7-3-1-2-4-9(7)11/h1-4,6,8H,5H2. The fourth-order valence-electron chi connectivity index (χ4n) is 0.922. The van der Waals surface area contributed by atoms with Crippen molar-refractivity contribution in [2.75, 3.05) is 0 Å². The molecule has 1 rings (SSSR count). The summed E-state index contributed by atoms with van der Waals surface area (Å²) in [7, 11) is 0. The highest BCUT2D eigenvalue weighted by Crippen LogP contribution is 2.09. The van der Waals surface area contributed by atoms with Gasteiger partial charge < -0.3 is 4.79 Å². The first kappa shape index (κ1) is 8.84. The van der Waals surface area contributed by atoms with Crippen molar-refractivity contribution in [3.63, 3.8) is 0 Å². The Kier molecular flexibility index (Phi) is 2.91. The molecule has 0 heterocycles. The van der Waals surface area contributed by atoms with Crippen LogP contribution in [0.15, 0.2) is 24.3 Å².